The van der Waals surface area contributed by atoms with Gasteiger partial charge in [-0.05, 0) is 13.3 Å². The average molecular weight is 183 g/mol. The first-order valence-electron chi connectivity index (χ1n) is 5.09. The van der Waals surface area contributed by atoms with Crippen LogP contribution in [0.25, 0.3) is 0 Å². The van der Waals surface area contributed by atoms with Crippen LogP contribution in [0.1, 0.15) is 13.3 Å². The summed E-state index contributed by atoms with van der Waals surface area (Å²) in [4.78, 5) is 15.8. The second kappa shape index (κ2) is 3.54. The van der Waals surface area contributed by atoms with Crippen LogP contribution >= 0.6 is 0 Å². The van der Waals surface area contributed by atoms with Crippen molar-refractivity contribution >= 4 is 6.03 Å². The molecule has 2 aliphatic heterocycles. The van der Waals surface area contributed by atoms with E-state index in [9.17, 15) is 4.79 Å². The zero-order valence-electron chi connectivity index (χ0n) is 8.12. The summed E-state index contributed by atoms with van der Waals surface area (Å²) in [6.07, 6.45) is 1.12. The van der Waals surface area contributed by atoms with E-state index in [1.165, 1.54) is 0 Å². The minimum absolute atomic E-state index is 0.236. The monoisotopic (exact) mass is 183 g/mol. The first-order chi connectivity index (χ1) is 6.33. The van der Waals surface area contributed by atoms with Crippen molar-refractivity contribution in [3.05, 3.63) is 0 Å². The molecule has 74 valence electrons. The van der Waals surface area contributed by atoms with Crippen LogP contribution in [0.5, 0.6) is 0 Å². The van der Waals surface area contributed by atoms with Gasteiger partial charge in [-0.15, -0.1) is 0 Å². The predicted molar refractivity (Wildman–Crippen MR) is 50.6 cm³/mol. The van der Waals surface area contributed by atoms with Gasteiger partial charge in [-0.25, -0.2) is 4.79 Å². The molecule has 2 rings (SSSR count). The van der Waals surface area contributed by atoms with Crippen molar-refractivity contribution in [2.75, 3.05) is 32.7 Å². The van der Waals surface area contributed by atoms with Crippen LogP contribution in [0.4, 0.5) is 4.79 Å². The van der Waals surface area contributed by atoms with E-state index < -0.39 is 0 Å². The van der Waals surface area contributed by atoms with Crippen LogP contribution in [0.15, 0.2) is 0 Å². The van der Waals surface area contributed by atoms with Crippen molar-refractivity contribution in [1.29, 1.82) is 0 Å². The number of piperazine rings is 1. The van der Waals surface area contributed by atoms with Crippen LogP contribution in [0.2, 0.25) is 0 Å². The average Bonchev–Trinajstić information content (AvgIpc) is 2.19. The maximum Gasteiger partial charge on any atom is 0.320 e. The molecule has 0 spiro atoms. The number of hydrogen-bond acceptors (Lipinski definition) is 2. The molecule has 0 radical (unpaired) electrons. The van der Waals surface area contributed by atoms with Gasteiger partial charge in [-0.3, -0.25) is 0 Å². The SMILES string of the molecule is CCN1CCC2CNCCN2C1=O. The highest BCUT2D eigenvalue weighted by atomic mass is 16.2. The lowest BCUT2D eigenvalue weighted by Crippen LogP contribution is -2.61. The fraction of sp³-hybridized carbons (Fsp3) is 0.889. The van der Waals surface area contributed by atoms with Gasteiger partial charge in [0.1, 0.15) is 0 Å². The topological polar surface area (TPSA) is 35.6 Å². The molecule has 4 nitrogen and oxygen atoms in total. The molecule has 0 aromatic rings. The lowest BCUT2D eigenvalue weighted by Gasteiger charge is -2.43. The summed E-state index contributed by atoms with van der Waals surface area (Å²) in [6, 6.07) is 0.685. The molecule has 1 atom stereocenters. The summed E-state index contributed by atoms with van der Waals surface area (Å²) >= 11 is 0. The van der Waals surface area contributed by atoms with Gasteiger partial charge in [0, 0.05) is 38.8 Å². The molecule has 0 aliphatic carbocycles. The van der Waals surface area contributed by atoms with E-state index in [0.29, 0.717) is 6.04 Å². The summed E-state index contributed by atoms with van der Waals surface area (Å²) in [5, 5.41) is 3.32. The molecule has 0 saturated carbocycles. The van der Waals surface area contributed by atoms with Crippen LogP contribution in [-0.2, 0) is 0 Å². The van der Waals surface area contributed by atoms with E-state index in [-0.39, 0.29) is 6.03 Å². The maximum atomic E-state index is 11.8. The summed E-state index contributed by atoms with van der Waals surface area (Å²) in [5.74, 6) is 0. The minimum atomic E-state index is 0.236. The fourth-order valence-corrected chi connectivity index (χ4v) is 2.15. The van der Waals surface area contributed by atoms with E-state index in [2.05, 4.69) is 5.32 Å². The third-order valence-electron chi connectivity index (χ3n) is 2.98. The number of carbonyl (C=O) groups is 1. The van der Waals surface area contributed by atoms with Crippen LogP contribution in [-0.4, -0.2) is 54.6 Å². The molecule has 2 saturated heterocycles. The van der Waals surface area contributed by atoms with Gasteiger partial charge in [-0.2, -0.15) is 0 Å². The van der Waals surface area contributed by atoms with Crippen molar-refractivity contribution in [2.24, 2.45) is 0 Å². The number of carbonyl (C=O) groups excluding carboxylic acids is 1. The maximum absolute atomic E-state index is 11.8. The van der Waals surface area contributed by atoms with E-state index in [1.807, 2.05) is 16.7 Å². The second-order valence-electron chi connectivity index (χ2n) is 3.70. The molecular weight excluding hydrogens is 166 g/mol. The Hall–Kier alpha value is -0.770. The Morgan fingerprint density at radius 1 is 1.54 bits per heavy atom. The Balaban J connectivity index is 2.05. The molecule has 0 aromatic heterocycles. The number of nitrogens with zero attached hydrogens (tertiary/aromatic N) is 2. The molecule has 4 heteroatoms. The Kier molecular flexibility index (Phi) is 2.40. The Labute approximate surface area is 78.9 Å². The third-order valence-corrected chi connectivity index (χ3v) is 2.98. The number of nitrogens with one attached hydrogen (secondary N) is 1. The number of rotatable bonds is 1. The predicted octanol–water partition coefficient (Wildman–Crippen LogP) is 0.106. The molecular formula is C9H17N3O. The highest BCUT2D eigenvalue weighted by Crippen LogP contribution is 2.16. The van der Waals surface area contributed by atoms with Gasteiger partial charge in [0.2, 0.25) is 0 Å². The summed E-state index contributed by atoms with van der Waals surface area (Å²) in [5.41, 5.74) is 0. The van der Waals surface area contributed by atoms with E-state index in [0.717, 1.165) is 39.1 Å². The lowest BCUT2D eigenvalue weighted by atomic mass is 10.1. The largest absolute Gasteiger partial charge is 0.325 e. The summed E-state index contributed by atoms with van der Waals surface area (Å²) in [7, 11) is 0. The van der Waals surface area contributed by atoms with Crippen molar-refractivity contribution in [3.8, 4) is 0 Å². The molecule has 2 fully saturated rings. The number of amides is 2. The smallest absolute Gasteiger partial charge is 0.320 e. The van der Waals surface area contributed by atoms with E-state index in [1.54, 1.807) is 0 Å². The lowest BCUT2D eigenvalue weighted by molar-refractivity contribution is 0.0880. The number of hydrogen-bond donors (Lipinski definition) is 1. The minimum Gasteiger partial charge on any atom is -0.325 e. The molecule has 1 unspecified atom stereocenters. The van der Waals surface area contributed by atoms with Crippen LogP contribution in [0.3, 0.4) is 0 Å². The van der Waals surface area contributed by atoms with Crippen molar-refractivity contribution < 1.29 is 4.79 Å². The van der Waals surface area contributed by atoms with E-state index >= 15 is 0 Å². The van der Waals surface area contributed by atoms with Gasteiger partial charge in [0.05, 0.1) is 0 Å². The molecule has 13 heavy (non-hydrogen) atoms. The highest BCUT2D eigenvalue weighted by Gasteiger charge is 2.33. The summed E-state index contributed by atoms with van der Waals surface area (Å²) < 4.78 is 0. The zero-order valence-corrected chi connectivity index (χ0v) is 8.12. The Bertz CT molecular complexity index is 207. The molecule has 2 amide bonds. The molecule has 2 heterocycles. The zero-order chi connectivity index (χ0) is 9.26. The number of fused-ring (bicyclic) bond motifs is 1. The molecule has 0 bridgehead atoms. The standard InChI is InChI=1S/C9H17N3O/c1-2-11-5-3-8-7-10-4-6-12(8)9(11)13/h8,10H,2-7H2,1H3. The Morgan fingerprint density at radius 2 is 2.38 bits per heavy atom. The molecule has 0 aromatic carbocycles. The van der Waals surface area contributed by atoms with Gasteiger partial charge in [-0.1, -0.05) is 0 Å². The fourth-order valence-electron chi connectivity index (χ4n) is 2.15. The third kappa shape index (κ3) is 1.50. The van der Waals surface area contributed by atoms with Gasteiger partial charge < -0.3 is 15.1 Å². The van der Waals surface area contributed by atoms with E-state index in [4.69, 9.17) is 0 Å². The van der Waals surface area contributed by atoms with Crippen LogP contribution in [0, 0.1) is 0 Å². The van der Waals surface area contributed by atoms with Crippen molar-refractivity contribution in [1.82, 2.24) is 15.1 Å². The summed E-state index contributed by atoms with van der Waals surface area (Å²) in [6.45, 7) is 6.61. The molecule has 1 N–H and O–H groups in total. The highest BCUT2D eigenvalue weighted by molar-refractivity contribution is 5.75. The van der Waals surface area contributed by atoms with Crippen molar-refractivity contribution in [2.45, 2.75) is 19.4 Å². The normalized spacial score (nSPS) is 29.0. The van der Waals surface area contributed by atoms with Gasteiger partial charge in [0.25, 0.3) is 0 Å². The quantitative estimate of drug-likeness (QED) is 0.626. The van der Waals surface area contributed by atoms with Crippen molar-refractivity contribution in [3.63, 3.8) is 0 Å². The first-order valence-corrected chi connectivity index (χ1v) is 5.09. The first kappa shape index (κ1) is 8.81. The van der Waals surface area contributed by atoms with Gasteiger partial charge >= 0.3 is 6.03 Å². The molecule has 2 aliphatic rings. The second-order valence-corrected chi connectivity index (χ2v) is 3.70. The van der Waals surface area contributed by atoms with Crippen LogP contribution < -0.4 is 5.32 Å². The van der Waals surface area contributed by atoms with Gasteiger partial charge in [0.15, 0.2) is 0 Å². The number of urea groups is 1. The Morgan fingerprint density at radius 3 is 3.15 bits per heavy atom.